The zero-order valence-electron chi connectivity index (χ0n) is 13.9. The van der Waals surface area contributed by atoms with Gasteiger partial charge in [-0.2, -0.15) is 0 Å². The van der Waals surface area contributed by atoms with Crippen molar-refractivity contribution in [2.45, 2.75) is 13.8 Å². The third-order valence-corrected chi connectivity index (χ3v) is 3.51. The molecule has 0 aromatic heterocycles. The van der Waals surface area contributed by atoms with Gasteiger partial charge in [-0.25, -0.2) is 0 Å². The highest BCUT2D eigenvalue weighted by Crippen LogP contribution is 2.25. The summed E-state index contributed by atoms with van der Waals surface area (Å²) in [4.78, 5) is 2.08. The summed E-state index contributed by atoms with van der Waals surface area (Å²) in [7, 11) is 4.06. The molecule has 0 aliphatic heterocycles. The molecule has 3 heteroatoms. The van der Waals surface area contributed by atoms with Crippen LogP contribution >= 0.6 is 0 Å². The van der Waals surface area contributed by atoms with Crippen molar-refractivity contribution in [1.82, 2.24) is 5.48 Å². The first-order chi connectivity index (χ1) is 10.3. The van der Waals surface area contributed by atoms with E-state index in [-0.39, 0.29) is 5.92 Å². The summed E-state index contributed by atoms with van der Waals surface area (Å²) in [5.74, 6) is 0.227. The second-order valence-electron chi connectivity index (χ2n) is 5.64. The van der Waals surface area contributed by atoms with Crippen LogP contribution in [-0.2, 0) is 0 Å². The molecule has 0 amide bonds. The molecule has 0 saturated heterocycles. The van der Waals surface area contributed by atoms with Gasteiger partial charge in [-0.05, 0) is 42.2 Å². The molecule has 0 heterocycles. The molecule has 0 aliphatic rings. The van der Waals surface area contributed by atoms with Gasteiger partial charge in [0.05, 0.1) is 5.70 Å². The molecule has 1 aromatic carbocycles. The van der Waals surface area contributed by atoms with Gasteiger partial charge in [0, 0.05) is 19.8 Å². The van der Waals surface area contributed by atoms with Crippen LogP contribution in [0.2, 0.25) is 0 Å². The van der Waals surface area contributed by atoms with Crippen molar-refractivity contribution in [2.24, 2.45) is 5.92 Å². The van der Waals surface area contributed by atoms with E-state index in [2.05, 4.69) is 55.3 Å². The van der Waals surface area contributed by atoms with Gasteiger partial charge in [-0.1, -0.05) is 49.9 Å². The van der Waals surface area contributed by atoms with Crippen molar-refractivity contribution >= 4 is 11.3 Å². The Morgan fingerprint density at radius 1 is 1.18 bits per heavy atom. The lowest BCUT2D eigenvalue weighted by atomic mass is 9.93. The fourth-order valence-electron chi connectivity index (χ4n) is 2.06. The molecular formula is C19H26N2O. The lowest BCUT2D eigenvalue weighted by Gasteiger charge is -2.15. The molecule has 0 saturated carbocycles. The highest BCUT2D eigenvalue weighted by Gasteiger charge is 2.07. The van der Waals surface area contributed by atoms with Crippen molar-refractivity contribution in [3.8, 4) is 0 Å². The molecule has 0 fully saturated rings. The highest BCUT2D eigenvalue weighted by atomic mass is 16.5. The lowest BCUT2D eigenvalue weighted by Crippen LogP contribution is -2.08. The molecular weight excluding hydrogens is 272 g/mol. The predicted octanol–water partition coefficient (Wildman–Crippen LogP) is 4.40. The van der Waals surface area contributed by atoms with E-state index in [1.54, 1.807) is 6.08 Å². The zero-order valence-corrected chi connectivity index (χ0v) is 13.9. The number of hydroxylamine groups is 1. The number of allylic oxidation sites excluding steroid dienone is 5. The number of hydrogen-bond donors (Lipinski definition) is 2. The Bertz CT molecular complexity index is 580. The molecule has 0 bridgehead atoms. The average molecular weight is 298 g/mol. The van der Waals surface area contributed by atoms with Gasteiger partial charge in [-0.15, -0.1) is 0 Å². The summed E-state index contributed by atoms with van der Waals surface area (Å²) >= 11 is 0. The first-order valence-corrected chi connectivity index (χ1v) is 7.27. The summed E-state index contributed by atoms with van der Waals surface area (Å²) in [6.45, 7) is 12.0. The normalized spacial score (nSPS) is 13.0. The van der Waals surface area contributed by atoms with Crippen LogP contribution in [0.25, 0.3) is 5.57 Å². The second kappa shape index (κ2) is 8.25. The molecule has 118 valence electrons. The summed E-state index contributed by atoms with van der Waals surface area (Å²) in [5.41, 5.74) is 6.96. The van der Waals surface area contributed by atoms with Crippen LogP contribution < -0.4 is 10.4 Å². The molecule has 0 radical (unpaired) electrons. The molecule has 3 nitrogen and oxygen atoms in total. The van der Waals surface area contributed by atoms with E-state index in [9.17, 15) is 0 Å². The summed E-state index contributed by atoms with van der Waals surface area (Å²) in [6.07, 6.45) is 5.78. The number of nitrogens with zero attached hydrogens (tertiary/aromatic N) is 1. The Kier molecular flexibility index (Phi) is 6.67. The lowest BCUT2D eigenvalue weighted by molar-refractivity contribution is 0.205. The third kappa shape index (κ3) is 5.26. The molecule has 1 rings (SSSR count). The maximum atomic E-state index is 8.69. The van der Waals surface area contributed by atoms with E-state index in [0.29, 0.717) is 5.70 Å². The summed E-state index contributed by atoms with van der Waals surface area (Å²) in [6, 6.07) is 8.40. The minimum absolute atomic E-state index is 0.227. The number of nitrogens with one attached hydrogen (secondary N) is 1. The molecule has 1 aromatic rings. The SMILES string of the molecule is C=C(/C=C/C(C)=C/[C@H](C)C(=C)c1ccc(N(C)C)cc1)NO. The molecule has 22 heavy (non-hydrogen) atoms. The molecule has 0 unspecified atom stereocenters. The number of anilines is 1. The second-order valence-corrected chi connectivity index (χ2v) is 5.64. The van der Waals surface area contributed by atoms with Gasteiger partial charge in [0.1, 0.15) is 0 Å². The molecule has 0 aliphatic carbocycles. The first-order valence-electron chi connectivity index (χ1n) is 7.27. The number of benzene rings is 1. The van der Waals surface area contributed by atoms with Crippen LogP contribution in [0, 0.1) is 5.92 Å². The topological polar surface area (TPSA) is 35.5 Å². The summed E-state index contributed by atoms with van der Waals surface area (Å²) < 4.78 is 0. The Labute approximate surface area is 133 Å². The third-order valence-electron chi connectivity index (χ3n) is 3.51. The fourth-order valence-corrected chi connectivity index (χ4v) is 2.06. The Hall–Kier alpha value is -2.26. The number of hydrogen-bond acceptors (Lipinski definition) is 3. The minimum atomic E-state index is 0.227. The van der Waals surface area contributed by atoms with Gasteiger partial charge < -0.3 is 4.90 Å². The maximum absolute atomic E-state index is 8.69. The van der Waals surface area contributed by atoms with Crippen molar-refractivity contribution in [3.05, 3.63) is 72.5 Å². The average Bonchev–Trinajstić information content (AvgIpc) is 2.51. The van der Waals surface area contributed by atoms with Crippen LogP contribution in [0.4, 0.5) is 5.69 Å². The Morgan fingerprint density at radius 2 is 1.77 bits per heavy atom. The van der Waals surface area contributed by atoms with E-state index < -0.39 is 0 Å². The quantitative estimate of drug-likeness (QED) is 0.578. The van der Waals surface area contributed by atoms with E-state index in [1.165, 1.54) is 5.69 Å². The maximum Gasteiger partial charge on any atom is 0.0530 e. The van der Waals surface area contributed by atoms with Crippen molar-refractivity contribution in [2.75, 3.05) is 19.0 Å². The summed E-state index contributed by atoms with van der Waals surface area (Å²) in [5, 5.41) is 8.69. The standard InChI is InChI=1S/C19H26N2O/c1-14(7-8-16(3)20-22)13-15(2)17(4)18-9-11-19(12-10-18)21(5)6/h7-13,15,20,22H,3-4H2,1-2,5-6H3/b8-7+,14-13+/t15-/m0/s1. The van der Waals surface area contributed by atoms with Gasteiger partial charge in [-0.3, -0.25) is 10.7 Å². The van der Waals surface area contributed by atoms with E-state index in [4.69, 9.17) is 5.21 Å². The number of rotatable bonds is 7. The van der Waals surface area contributed by atoms with Crippen molar-refractivity contribution < 1.29 is 5.21 Å². The fraction of sp³-hybridized carbons (Fsp3) is 0.263. The van der Waals surface area contributed by atoms with Gasteiger partial charge in [0.15, 0.2) is 0 Å². The molecule has 1 atom stereocenters. The van der Waals surface area contributed by atoms with E-state index >= 15 is 0 Å². The zero-order chi connectivity index (χ0) is 16.7. The Balaban J connectivity index is 2.79. The largest absolute Gasteiger partial charge is 0.378 e. The smallest absolute Gasteiger partial charge is 0.0530 e. The first kappa shape index (κ1) is 17.8. The molecule has 2 N–H and O–H groups in total. The Morgan fingerprint density at radius 3 is 2.27 bits per heavy atom. The van der Waals surface area contributed by atoms with Gasteiger partial charge >= 0.3 is 0 Å². The predicted molar refractivity (Wildman–Crippen MR) is 95.9 cm³/mol. The minimum Gasteiger partial charge on any atom is -0.378 e. The van der Waals surface area contributed by atoms with E-state index in [0.717, 1.165) is 16.7 Å². The highest BCUT2D eigenvalue weighted by molar-refractivity contribution is 5.68. The van der Waals surface area contributed by atoms with Crippen LogP contribution in [-0.4, -0.2) is 19.3 Å². The van der Waals surface area contributed by atoms with Crippen LogP contribution in [0.1, 0.15) is 19.4 Å². The van der Waals surface area contributed by atoms with Crippen molar-refractivity contribution in [1.29, 1.82) is 0 Å². The van der Waals surface area contributed by atoms with Crippen LogP contribution in [0.15, 0.2) is 66.9 Å². The van der Waals surface area contributed by atoms with E-state index in [1.807, 2.05) is 32.6 Å². The molecule has 0 spiro atoms. The van der Waals surface area contributed by atoms with Gasteiger partial charge in [0.25, 0.3) is 0 Å². The van der Waals surface area contributed by atoms with Gasteiger partial charge in [0.2, 0.25) is 0 Å². The van der Waals surface area contributed by atoms with Crippen LogP contribution in [0.5, 0.6) is 0 Å². The van der Waals surface area contributed by atoms with Crippen LogP contribution in [0.3, 0.4) is 0 Å². The van der Waals surface area contributed by atoms with Crippen molar-refractivity contribution in [3.63, 3.8) is 0 Å². The monoisotopic (exact) mass is 298 g/mol.